The maximum Gasteiger partial charge on any atom is 0.241 e. The topological polar surface area (TPSA) is 58.2 Å². The number of hydrogen-bond donors (Lipinski definition) is 2. The van der Waals surface area contributed by atoms with Crippen LogP contribution in [0.4, 0.5) is 0 Å². The molecule has 0 aromatic carbocycles. The second-order valence-electron chi connectivity index (χ2n) is 4.19. The maximum absolute atomic E-state index is 12.0. The molecular weight excluding hydrogens is 288 g/mol. The molecule has 104 valence electrons. The highest BCUT2D eigenvalue weighted by Crippen LogP contribution is 2.19. The van der Waals surface area contributed by atoms with E-state index in [2.05, 4.69) is 10.0 Å². The lowest BCUT2D eigenvalue weighted by Crippen LogP contribution is -2.29. The van der Waals surface area contributed by atoms with Crippen LogP contribution in [-0.2, 0) is 16.6 Å². The summed E-state index contributed by atoms with van der Waals surface area (Å²) in [7, 11) is -1.50. The molecule has 1 unspecified atom stereocenters. The zero-order chi connectivity index (χ0) is 13.6. The molecule has 0 saturated heterocycles. The minimum Gasteiger partial charge on any atom is -0.315 e. The van der Waals surface area contributed by atoms with Crippen LogP contribution in [0.25, 0.3) is 0 Å². The van der Waals surface area contributed by atoms with E-state index in [0.29, 0.717) is 23.9 Å². The van der Waals surface area contributed by atoms with Crippen LogP contribution in [0.5, 0.6) is 0 Å². The summed E-state index contributed by atoms with van der Waals surface area (Å²) in [5.74, 6) is 1.29. The number of nitrogens with one attached hydrogen (secondary N) is 2. The van der Waals surface area contributed by atoms with Crippen LogP contribution in [0.15, 0.2) is 16.3 Å². The molecule has 1 rings (SSSR count). The van der Waals surface area contributed by atoms with E-state index in [1.165, 1.54) is 11.3 Å². The molecule has 4 nitrogen and oxygen atoms in total. The molecule has 0 aliphatic carbocycles. The lowest BCUT2D eigenvalue weighted by molar-refractivity contribution is 0.563. The van der Waals surface area contributed by atoms with Gasteiger partial charge in [-0.25, -0.2) is 13.1 Å². The Morgan fingerprint density at radius 3 is 2.83 bits per heavy atom. The molecule has 1 atom stereocenters. The Morgan fingerprint density at radius 1 is 1.50 bits per heavy atom. The average Bonchev–Trinajstić information content (AvgIpc) is 2.77. The predicted molar refractivity (Wildman–Crippen MR) is 79.8 cm³/mol. The van der Waals surface area contributed by atoms with E-state index >= 15 is 0 Å². The Morgan fingerprint density at radius 2 is 2.22 bits per heavy atom. The van der Waals surface area contributed by atoms with E-state index in [-0.39, 0.29) is 0 Å². The van der Waals surface area contributed by atoms with Gasteiger partial charge in [0.25, 0.3) is 0 Å². The summed E-state index contributed by atoms with van der Waals surface area (Å²) < 4.78 is 26.7. The van der Waals surface area contributed by atoms with Gasteiger partial charge in [-0.1, -0.05) is 6.92 Å². The third kappa shape index (κ3) is 4.89. The van der Waals surface area contributed by atoms with Gasteiger partial charge in [-0.05, 0) is 31.0 Å². The van der Waals surface area contributed by atoms with Crippen molar-refractivity contribution in [3.63, 3.8) is 0 Å². The number of thiophene rings is 1. The fourth-order valence-corrected chi connectivity index (χ4v) is 4.59. The molecule has 0 bridgehead atoms. The summed E-state index contributed by atoms with van der Waals surface area (Å²) in [5.41, 5.74) is 0. The lowest BCUT2D eigenvalue weighted by Gasteiger charge is -2.10. The van der Waals surface area contributed by atoms with Crippen LogP contribution in [0.2, 0.25) is 0 Å². The van der Waals surface area contributed by atoms with Gasteiger partial charge in [0.05, 0.1) is 4.90 Å². The molecule has 0 saturated carbocycles. The van der Waals surface area contributed by atoms with E-state index in [1.54, 1.807) is 23.2 Å². The zero-order valence-corrected chi connectivity index (χ0v) is 13.3. The van der Waals surface area contributed by atoms with Crippen LogP contribution < -0.4 is 10.0 Å². The van der Waals surface area contributed by atoms with Gasteiger partial charge in [-0.2, -0.15) is 11.8 Å². The molecule has 1 aromatic rings. The highest BCUT2D eigenvalue weighted by atomic mass is 32.2. The van der Waals surface area contributed by atoms with Crippen molar-refractivity contribution < 1.29 is 8.42 Å². The van der Waals surface area contributed by atoms with Gasteiger partial charge in [-0.15, -0.1) is 11.3 Å². The standard InChI is InChI=1S/C11H20N2O2S3/c1-9(7-16-3)5-13-18(14,15)11-4-10(6-12-2)17-8-11/h4,8-9,12-13H,5-7H2,1-3H3. The summed E-state index contributed by atoms with van der Waals surface area (Å²) in [5, 5.41) is 4.70. The second-order valence-corrected chi connectivity index (χ2v) is 7.86. The number of hydrogen-bond acceptors (Lipinski definition) is 5. The lowest BCUT2D eigenvalue weighted by atomic mass is 10.2. The Kier molecular flexibility index (Phi) is 6.65. The summed E-state index contributed by atoms with van der Waals surface area (Å²) in [6, 6.07) is 1.72. The second kappa shape index (κ2) is 7.49. The summed E-state index contributed by atoms with van der Waals surface area (Å²) in [4.78, 5) is 1.39. The van der Waals surface area contributed by atoms with Crippen molar-refractivity contribution in [3.8, 4) is 0 Å². The normalized spacial score (nSPS) is 13.7. The molecule has 18 heavy (non-hydrogen) atoms. The first-order valence-electron chi connectivity index (χ1n) is 5.70. The highest BCUT2D eigenvalue weighted by molar-refractivity contribution is 7.98. The van der Waals surface area contributed by atoms with E-state index in [0.717, 1.165) is 10.6 Å². The van der Waals surface area contributed by atoms with Gasteiger partial charge in [0.15, 0.2) is 0 Å². The van der Waals surface area contributed by atoms with Crippen LogP contribution in [-0.4, -0.2) is 34.0 Å². The minimum absolute atomic E-state index is 0.338. The molecule has 0 spiro atoms. The fourth-order valence-electron chi connectivity index (χ4n) is 1.45. The molecule has 1 heterocycles. The van der Waals surface area contributed by atoms with Crippen molar-refractivity contribution in [1.29, 1.82) is 0 Å². The van der Waals surface area contributed by atoms with Crippen LogP contribution in [0.3, 0.4) is 0 Å². The van der Waals surface area contributed by atoms with Gasteiger partial charge in [0, 0.05) is 23.3 Å². The molecule has 0 aliphatic heterocycles. The fraction of sp³-hybridized carbons (Fsp3) is 0.636. The molecule has 2 N–H and O–H groups in total. The third-order valence-corrected chi connectivity index (χ3v) is 5.76. The van der Waals surface area contributed by atoms with Gasteiger partial charge in [0.1, 0.15) is 0 Å². The summed E-state index contributed by atoms with van der Waals surface area (Å²) in [6.45, 7) is 3.22. The monoisotopic (exact) mass is 308 g/mol. The molecule has 7 heteroatoms. The van der Waals surface area contributed by atoms with Gasteiger partial charge in [-0.3, -0.25) is 0 Å². The van der Waals surface area contributed by atoms with Crippen molar-refractivity contribution in [2.45, 2.75) is 18.4 Å². The number of sulfonamides is 1. The molecular formula is C11H20N2O2S3. The third-order valence-electron chi connectivity index (χ3n) is 2.36. The largest absolute Gasteiger partial charge is 0.315 e. The van der Waals surface area contributed by atoms with Crippen LogP contribution >= 0.6 is 23.1 Å². The van der Waals surface area contributed by atoms with Crippen molar-refractivity contribution in [2.24, 2.45) is 5.92 Å². The van der Waals surface area contributed by atoms with Gasteiger partial charge < -0.3 is 5.32 Å². The molecule has 1 aromatic heterocycles. The van der Waals surface area contributed by atoms with E-state index in [4.69, 9.17) is 0 Å². The highest BCUT2D eigenvalue weighted by Gasteiger charge is 2.16. The maximum atomic E-state index is 12.0. The first-order chi connectivity index (χ1) is 8.49. The number of rotatable bonds is 8. The quantitative estimate of drug-likeness (QED) is 0.768. The SMILES string of the molecule is CNCc1cc(S(=O)(=O)NCC(C)CSC)cs1. The number of thioether (sulfide) groups is 1. The van der Waals surface area contributed by atoms with E-state index in [9.17, 15) is 8.42 Å². The van der Waals surface area contributed by atoms with E-state index in [1.807, 2.05) is 20.2 Å². The summed E-state index contributed by atoms with van der Waals surface area (Å²) in [6.07, 6.45) is 2.02. The Balaban J connectivity index is 2.62. The first-order valence-corrected chi connectivity index (χ1v) is 9.46. The summed E-state index contributed by atoms with van der Waals surface area (Å²) >= 11 is 3.19. The van der Waals surface area contributed by atoms with Crippen molar-refractivity contribution >= 4 is 33.1 Å². The average molecular weight is 308 g/mol. The van der Waals surface area contributed by atoms with Crippen molar-refractivity contribution in [3.05, 3.63) is 16.3 Å². The molecule has 0 amide bonds. The van der Waals surface area contributed by atoms with Gasteiger partial charge in [0.2, 0.25) is 10.0 Å². The van der Waals surface area contributed by atoms with Crippen LogP contribution in [0, 0.1) is 5.92 Å². The predicted octanol–water partition coefficient (Wildman–Crippen LogP) is 1.74. The first kappa shape index (κ1) is 16.0. The molecule has 0 radical (unpaired) electrons. The molecule has 0 aliphatic rings. The minimum atomic E-state index is -3.35. The Labute approximate surface area is 118 Å². The van der Waals surface area contributed by atoms with Crippen molar-refractivity contribution in [2.75, 3.05) is 25.6 Å². The van der Waals surface area contributed by atoms with Crippen LogP contribution in [0.1, 0.15) is 11.8 Å². The molecule has 0 fully saturated rings. The van der Waals surface area contributed by atoms with E-state index < -0.39 is 10.0 Å². The van der Waals surface area contributed by atoms with Gasteiger partial charge >= 0.3 is 0 Å². The Bertz CT molecular complexity index is 457. The Hall–Kier alpha value is -0.0800. The van der Waals surface area contributed by atoms with Crippen molar-refractivity contribution in [1.82, 2.24) is 10.0 Å². The smallest absolute Gasteiger partial charge is 0.241 e. The zero-order valence-electron chi connectivity index (χ0n) is 10.9.